The number of halogens is 1. The van der Waals surface area contributed by atoms with Gasteiger partial charge in [-0.2, -0.15) is 0 Å². The van der Waals surface area contributed by atoms with Gasteiger partial charge in [-0.1, -0.05) is 13.8 Å². The number of rotatable bonds is 1. The maximum absolute atomic E-state index is 12.8. The minimum absolute atomic E-state index is 0.0786. The Morgan fingerprint density at radius 2 is 2.00 bits per heavy atom. The molecule has 1 unspecified atom stereocenters. The van der Waals surface area contributed by atoms with Crippen molar-refractivity contribution in [3.8, 4) is 0 Å². The van der Waals surface area contributed by atoms with E-state index in [-0.39, 0.29) is 11.8 Å². The molecule has 1 rings (SSSR count). The summed E-state index contributed by atoms with van der Waals surface area (Å²) >= 11 is 0. The van der Waals surface area contributed by atoms with E-state index in [9.17, 15) is 9.18 Å². The second-order valence-electron chi connectivity index (χ2n) is 3.23. The summed E-state index contributed by atoms with van der Waals surface area (Å²) in [5.41, 5.74) is 0. The first-order valence-corrected chi connectivity index (χ1v) is 4.96. The predicted molar refractivity (Wildman–Crippen MR) is 52.6 cm³/mol. The van der Waals surface area contributed by atoms with Crippen molar-refractivity contribution in [2.45, 2.75) is 45.8 Å². The van der Waals surface area contributed by atoms with Crippen LogP contribution in [-0.2, 0) is 4.79 Å². The third-order valence-electron chi connectivity index (χ3n) is 2.28. The van der Waals surface area contributed by atoms with E-state index in [1.807, 2.05) is 25.8 Å². The number of likely N-dealkylation sites (tertiary alicyclic amines) is 1. The fraction of sp³-hybridized carbons (Fsp3) is 0.900. The minimum atomic E-state index is -0.778. The van der Waals surface area contributed by atoms with Crippen molar-refractivity contribution in [2.24, 2.45) is 0 Å². The topological polar surface area (TPSA) is 20.3 Å². The number of piperidine rings is 1. The van der Waals surface area contributed by atoms with Gasteiger partial charge in [0, 0.05) is 13.0 Å². The molecule has 0 N–H and O–H groups in total. The van der Waals surface area contributed by atoms with Gasteiger partial charge in [0.15, 0.2) is 0 Å². The van der Waals surface area contributed by atoms with Crippen molar-refractivity contribution in [1.29, 1.82) is 0 Å². The Morgan fingerprint density at radius 3 is 2.38 bits per heavy atom. The Balaban J connectivity index is 0.000000671. The summed E-state index contributed by atoms with van der Waals surface area (Å²) < 4.78 is 12.8. The first-order valence-electron chi connectivity index (χ1n) is 4.96. The van der Waals surface area contributed by atoms with Crippen LogP contribution in [0.2, 0.25) is 0 Å². The van der Waals surface area contributed by atoms with Crippen molar-refractivity contribution in [3.05, 3.63) is 0 Å². The lowest BCUT2D eigenvalue weighted by molar-refractivity contribution is -0.123. The lowest BCUT2D eigenvalue weighted by Gasteiger charge is -2.32. The van der Waals surface area contributed by atoms with Gasteiger partial charge in [-0.15, -0.1) is 0 Å². The molecular formula is C10H20FNO. The maximum atomic E-state index is 12.8. The van der Waals surface area contributed by atoms with Crippen molar-refractivity contribution < 1.29 is 9.18 Å². The molecule has 3 heteroatoms. The molecule has 0 bridgehead atoms. The van der Waals surface area contributed by atoms with Crippen molar-refractivity contribution in [2.75, 3.05) is 13.6 Å². The Hall–Kier alpha value is -0.440. The van der Waals surface area contributed by atoms with Crippen molar-refractivity contribution in [3.63, 3.8) is 0 Å². The van der Waals surface area contributed by atoms with Crippen molar-refractivity contribution >= 4 is 5.78 Å². The maximum Gasteiger partial charge on any atom is 0.146 e. The molecular weight excluding hydrogens is 169 g/mol. The minimum Gasteiger partial charge on any atom is -0.298 e. The highest BCUT2D eigenvalue weighted by atomic mass is 19.1. The number of carbonyl (C=O) groups is 1. The molecule has 1 aliphatic rings. The lowest BCUT2D eigenvalue weighted by Crippen LogP contribution is -2.44. The van der Waals surface area contributed by atoms with Crippen LogP contribution in [0.3, 0.4) is 0 Å². The molecule has 2 nitrogen and oxygen atoms in total. The molecule has 13 heavy (non-hydrogen) atoms. The van der Waals surface area contributed by atoms with Crippen LogP contribution < -0.4 is 0 Å². The van der Waals surface area contributed by atoms with Crippen LogP contribution in [0.5, 0.6) is 0 Å². The number of hydrogen-bond acceptors (Lipinski definition) is 2. The van der Waals surface area contributed by atoms with Gasteiger partial charge in [0.2, 0.25) is 0 Å². The SMILES string of the molecule is CC.CC(=O)[C@@H]1CC(F)CCN1C. The zero-order chi connectivity index (χ0) is 10.4. The fourth-order valence-corrected chi connectivity index (χ4v) is 1.52. The molecule has 1 aliphatic heterocycles. The second kappa shape index (κ2) is 6.08. The summed E-state index contributed by atoms with van der Waals surface area (Å²) in [6.45, 7) is 6.23. The van der Waals surface area contributed by atoms with Crippen LogP contribution in [-0.4, -0.2) is 36.5 Å². The van der Waals surface area contributed by atoms with Gasteiger partial charge >= 0.3 is 0 Å². The number of carbonyl (C=O) groups excluding carboxylic acids is 1. The summed E-state index contributed by atoms with van der Waals surface area (Å²) in [5, 5.41) is 0. The van der Waals surface area contributed by atoms with Gasteiger partial charge in [-0.3, -0.25) is 9.69 Å². The zero-order valence-electron chi connectivity index (χ0n) is 9.01. The molecule has 0 spiro atoms. The average Bonchev–Trinajstić information content (AvgIpc) is 2.12. The predicted octanol–water partition coefficient (Wildman–Crippen LogP) is 2.03. The molecule has 0 radical (unpaired) electrons. The van der Waals surface area contributed by atoms with Gasteiger partial charge < -0.3 is 0 Å². The first-order chi connectivity index (χ1) is 6.11. The van der Waals surface area contributed by atoms with E-state index in [1.165, 1.54) is 6.92 Å². The molecule has 0 aromatic carbocycles. The number of nitrogens with zero attached hydrogens (tertiary/aromatic N) is 1. The van der Waals surface area contributed by atoms with Crippen LogP contribution in [0.15, 0.2) is 0 Å². The van der Waals surface area contributed by atoms with E-state index in [4.69, 9.17) is 0 Å². The van der Waals surface area contributed by atoms with Crippen LogP contribution in [0.25, 0.3) is 0 Å². The summed E-state index contributed by atoms with van der Waals surface area (Å²) in [6, 6.07) is -0.182. The third-order valence-corrected chi connectivity index (χ3v) is 2.28. The van der Waals surface area contributed by atoms with E-state index in [2.05, 4.69) is 0 Å². The van der Waals surface area contributed by atoms with Crippen LogP contribution >= 0.6 is 0 Å². The highest BCUT2D eigenvalue weighted by Crippen LogP contribution is 2.18. The third kappa shape index (κ3) is 3.85. The summed E-state index contributed by atoms with van der Waals surface area (Å²) in [7, 11) is 1.87. The van der Waals surface area contributed by atoms with E-state index in [0.717, 1.165) is 0 Å². The summed E-state index contributed by atoms with van der Waals surface area (Å²) in [5.74, 6) is 0.0786. The number of hydrogen-bond donors (Lipinski definition) is 0. The molecule has 0 aromatic rings. The molecule has 1 fully saturated rings. The standard InChI is InChI=1S/C8H14FNO.C2H6/c1-6(11)8-5-7(9)3-4-10(8)2;1-2/h7-8H,3-5H2,1-2H3;1-2H3/t7?,8-;/m0./s1. The quantitative estimate of drug-likeness (QED) is 0.629. The van der Waals surface area contributed by atoms with E-state index < -0.39 is 6.17 Å². The Kier molecular flexibility index (Phi) is 5.88. The second-order valence-corrected chi connectivity index (χ2v) is 3.23. The average molecular weight is 189 g/mol. The van der Waals surface area contributed by atoms with E-state index >= 15 is 0 Å². The van der Waals surface area contributed by atoms with Gasteiger partial charge in [0.05, 0.1) is 6.04 Å². The summed E-state index contributed by atoms with van der Waals surface area (Å²) in [4.78, 5) is 12.9. The number of ketones is 1. The van der Waals surface area contributed by atoms with Crippen LogP contribution in [0.4, 0.5) is 4.39 Å². The lowest BCUT2D eigenvalue weighted by atomic mass is 9.98. The molecule has 0 aliphatic carbocycles. The number of alkyl halides is 1. The van der Waals surface area contributed by atoms with Gasteiger partial charge in [-0.05, 0) is 20.4 Å². The normalized spacial score (nSPS) is 29.0. The molecule has 0 saturated carbocycles. The Morgan fingerprint density at radius 1 is 1.46 bits per heavy atom. The highest BCUT2D eigenvalue weighted by Gasteiger charge is 2.28. The number of Topliss-reactive ketones (excluding diaryl/α,β-unsaturated/α-hetero) is 1. The van der Waals surface area contributed by atoms with Gasteiger partial charge in [0.25, 0.3) is 0 Å². The molecule has 1 heterocycles. The van der Waals surface area contributed by atoms with Gasteiger partial charge in [-0.25, -0.2) is 4.39 Å². The van der Waals surface area contributed by atoms with Crippen LogP contribution in [0.1, 0.15) is 33.6 Å². The van der Waals surface area contributed by atoms with Crippen molar-refractivity contribution in [1.82, 2.24) is 4.90 Å². The zero-order valence-corrected chi connectivity index (χ0v) is 9.01. The van der Waals surface area contributed by atoms with Crippen LogP contribution in [0, 0.1) is 0 Å². The molecule has 1 saturated heterocycles. The smallest absolute Gasteiger partial charge is 0.146 e. The van der Waals surface area contributed by atoms with E-state index in [1.54, 1.807) is 0 Å². The largest absolute Gasteiger partial charge is 0.298 e. The Labute approximate surface area is 80.1 Å². The monoisotopic (exact) mass is 189 g/mol. The molecule has 78 valence electrons. The first kappa shape index (κ1) is 12.6. The van der Waals surface area contributed by atoms with Gasteiger partial charge in [0.1, 0.15) is 12.0 Å². The molecule has 0 amide bonds. The fourth-order valence-electron chi connectivity index (χ4n) is 1.52. The molecule has 2 atom stereocenters. The Bertz CT molecular complexity index is 161. The summed E-state index contributed by atoms with van der Waals surface area (Å²) in [6.07, 6.45) is 0.173. The molecule has 0 aromatic heterocycles. The number of likely N-dealkylation sites (N-methyl/N-ethyl adjacent to an activating group) is 1. The highest BCUT2D eigenvalue weighted by molar-refractivity contribution is 5.81. The van der Waals surface area contributed by atoms with E-state index in [0.29, 0.717) is 19.4 Å².